The Labute approximate surface area is 138 Å². The summed E-state index contributed by atoms with van der Waals surface area (Å²) in [6, 6.07) is -0.262. The first-order chi connectivity index (χ1) is 10.7. The van der Waals surface area contributed by atoms with E-state index in [0.29, 0.717) is 12.1 Å². The highest BCUT2D eigenvalue weighted by atomic mass is 16.4. The van der Waals surface area contributed by atoms with Crippen LogP contribution in [0.4, 0.5) is 0 Å². The number of nitrogens with zero attached hydrogens (tertiary/aromatic N) is 1. The second-order valence-electron chi connectivity index (χ2n) is 6.22. The average molecular weight is 326 g/mol. The summed E-state index contributed by atoms with van der Waals surface area (Å²) in [5, 5.41) is 11.8. The minimum Gasteiger partial charge on any atom is -0.481 e. The molecule has 2 amide bonds. The molecule has 6 heteroatoms. The number of hydrogen-bond donors (Lipinski definition) is 2. The van der Waals surface area contributed by atoms with Gasteiger partial charge in [-0.3, -0.25) is 14.4 Å². The largest absolute Gasteiger partial charge is 0.481 e. The number of carboxylic acid groups (broad SMARTS) is 1. The number of hydrogen-bond acceptors (Lipinski definition) is 3. The molecule has 0 saturated heterocycles. The lowest BCUT2D eigenvalue weighted by Crippen LogP contribution is -2.41. The maximum atomic E-state index is 12.0. The van der Waals surface area contributed by atoms with Crippen LogP contribution in [0.3, 0.4) is 0 Å². The zero-order valence-electron chi connectivity index (χ0n) is 14.9. The maximum absolute atomic E-state index is 12.0. The van der Waals surface area contributed by atoms with Gasteiger partial charge >= 0.3 is 5.97 Å². The molecule has 0 aromatic heterocycles. The van der Waals surface area contributed by atoms with Gasteiger partial charge in [0, 0.05) is 18.2 Å². The predicted molar refractivity (Wildman–Crippen MR) is 90.4 cm³/mol. The molecular weight excluding hydrogens is 296 g/mol. The molecule has 0 aromatic carbocycles. The van der Waals surface area contributed by atoms with E-state index in [4.69, 9.17) is 5.11 Å². The van der Waals surface area contributed by atoms with Crippen LogP contribution in [0.15, 0.2) is 4.99 Å². The van der Waals surface area contributed by atoms with Gasteiger partial charge in [-0.25, -0.2) is 4.99 Å². The number of nitrogens with one attached hydrogen (secondary N) is 1. The van der Waals surface area contributed by atoms with Gasteiger partial charge in [-0.2, -0.15) is 0 Å². The predicted octanol–water partition coefficient (Wildman–Crippen LogP) is 2.81. The van der Waals surface area contributed by atoms with Crippen molar-refractivity contribution in [3.8, 4) is 0 Å². The van der Waals surface area contributed by atoms with E-state index in [1.807, 2.05) is 0 Å². The van der Waals surface area contributed by atoms with Crippen molar-refractivity contribution < 1.29 is 19.5 Å². The number of unbranched alkanes of at least 4 members (excludes halogenated alkanes) is 2. The summed E-state index contributed by atoms with van der Waals surface area (Å²) >= 11 is 0. The van der Waals surface area contributed by atoms with Gasteiger partial charge in [0.2, 0.25) is 11.8 Å². The fourth-order valence-electron chi connectivity index (χ4n) is 2.16. The number of rotatable bonds is 10. The van der Waals surface area contributed by atoms with Gasteiger partial charge in [0.1, 0.15) is 0 Å². The van der Waals surface area contributed by atoms with E-state index in [-0.39, 0.29) is 30.2 Å². The normalized spacial score (nSPS) is 15.6. The zero-order valence-corrected chi connectivity index (χ0v) is 14.9. The third-order valence-corrected chi connectivity index (χ3v) is 4.08. The summed E-state index contributed by atoms with van der Waals surface area (Å²) in [4.78, 5) is 38.5. The van der Waals surface area contributed by atoms with E-state index in [1.165, 1.54) is 0 Å². The van der Waals surface area contributed by atoms with Crippen molar-refractivity contribution in [3.63, 3.8) is 0 Å². The minimum absolute atomic E-state index is 0.0536. The molecule has 6 nitrogen and oxygen atoms in total. The van der Waals surface area contributed by atoms with Crippen LogP contribution in [0.2, 0.25) is 0 Å². The van der Waals surface area contributed by atoms with Crippen LogP contribution in [-0.2, 0) is 14.4 Å². The fourth-order valence-corrected chi connectivity index (χ4v) is 2.16. The quantitative estimate of drug-likeness (QED) is 0.476. The smallest absolute Gasteiger partial charge is 0.306 e. The number of carbonyl (C=O) groups is 3. The van der Waals surface area contributed by atoms with Crippen molar-refractivity contribution in [2.45, 2.75) is 72.8 Å². The van der Waals surface area contributed by atoms with E-state index in [9.17, 15) is 14.4 Å². The second-order valence-corrected chi connectivity index (χ2v) is 6.22. The Hall–Kier alpha value is -1.72. The maximum Gasteiger partial charge on any atom is 0.306 e. The fraction of sp³-hybridized carbons (Fsp3) is 0.765. The molecule has 0 aliphatic carbocycles. The first kappa shape index (κ1) is 21.3. The van der Waals surface area contributed by atoms with Crippen molar-refractivity contribution in [1.82, 2.24) is 5.32 Å². The van der Waals surface area contributed by atoms with Gasteiger partial charge in [0.25, 0.3) is 0 Å². The Morgan fingerprint density at radius 3 is 2.26 bits per heavy atom. The number of carbonyl (C=O) groups excluding carboxylic acids is 2. The highest BCUT2D eigenvalue weighted by Crippen LogP contribution is 2.15. The Morgan fingerprint density at radius 2 is 1.74 bits per heavy atom. The molecule has 23 heavy (non-hydrogen) atoms. The third kappa shape index (κ3) is 9.11. The van der Waals surface area contributed by atoms with E-state index in [2.05, 4.69) is 17.2 Å². The Morgan fingerprint density at radius 1 is 1.13 bits per heavy atom. The SMILES string of the molecule is CCCCCC(=O)N=C(C)CC(=O)NC(C)C(C)C(C)C(=O)O. The Bertz CT molecular complexity index is 446. The standard InChI is InChI=1S/C17H30N2O4/c1-6-7-8-9-15(20)18-11(2)10-16(21)19-14(5)12(3)13(4)17(22)23/h12-14H,6-10H2,1-5H3,(H,19,21)(H,22,23). The number of aliphatic imine (C=N–C) groups is 1. The van der Waals surface area contributed by atoms with Crippen LogP contribution in [-0.4, -0.2) is 34.6 Å². The van der Waals surface area contributed by atoms with E-state index >= 15 is 0 Å². The molecule has 0 aliphatic heterocycles. The molecule has 0 aromatic rings. The third-order valence-electron chi connectivity index (χ3n) is 4.08. The topological polar surface area (TPSA) is 95.8 Å². The van der Waals surface area contributed by atoms with Crippen LogP contribution in [0.5, 0.6) is 0 Å². The van der Waals surface area contributed by atoms with Gasteiger partial charge in [-0.15, -0.1) is 0 Å². The van der Waals surface area contributed by atoms with Crippen LogP contribution < -0.4 is 5.32 Å². The van der Waals surface area contributed by atoms with Gasteiger partial charge in [-0.1, -0.05) is 33.6 Å². The molecule has 132 valence electrons. The van der Waals surface area contributed by atoms with Crippen LogP contribution in [0, 0.1) is 11.8 Å². The molecule has 0 spiro atoms. The van der Waals surface area contributed by atoms with Crippen LogP contribution >= 0.6 is 0 Å². The lowest BCUT2D eigenvalue weighted by molar-refractivity contribution is -0.143. The minimum atomic E-state index is -0.881. The lowest BCUT2D eigenvalue weighted by atomic mass is 9.90. The van der Waals surface area contributed by atoms with Crippen molar-refractivity contribution in [2.24, 2.45) is 16.8 Å². The zero-order chi connectivity index (χ0) is 18.0. The highest BCUT2D eigenvalue weighted by molar-refractivity contribution is 6.04. The van der Waals surface area contributed by atoms with Gasteiger partial charge < -0.3 is 10.4 Å². The van der Waals surface area contributed by atoms with E-state index in [0.717, 1.165) is 19.3 Å². The lowest BCUT2D eigenvalue weighted by Gasteiger charge is -2.24. The molecule has 3 atom stereocenters. The summed E-state index contributed by atoms with van der Waals surface area (Å²) in [7, 11) is 0. The molecule has 0 heterocycles. The van der Waals surface area contributed by atoms with Crippen LogP contribution in [0.25, 0.3) is 0 Å². The first-order valence-corrected chi connectivity index (χ1v) is 8.28. The van der Waals surface area contributed by atoms with E-state index < -0.39 is 11.9 Å². The van der Waals surface area contributed by atoms with Gasteiger partial charge in [0.05, 0.1) is 12.3 Å². The summed E-state index contributed by atoms with van der Waals surface area (Å²) in [5.74, 6) is -2.05. The number of amides is 2. The molecule has 0 aliphatic rings. The Kier molecular flexibility index (Phi) is 10.1. The molecular formula is C17H30N2O4. The monoisotopic (exact) mass is 326 g/mol. The number of carboxylic acids is 1. The van der Waals surface area contributed by atoms with E-state index in [1.54, 1.807) is 27.7 Å². The molecule has 0 rings (SSSR count). The molecule has 2 N–H and O–H groups in total. The van der Waals surface area contributed by atoms with Gasteiger partial charge in [0.15, 0.2) is 0 Å². The van der Waals surface area contributed by atoms with Crippen molar-refractivity contribution in [2.75, 3.05) is 0 Å². The molecule has 0 fully saturated rings. The number of aliphatic carboxylic acids is 1. The summed E-state index contributed by atoms with van der Waals surface area (Å²) in [5.41, 5.74) is 0.482. The molecule has 0 radical (unpaired) electrons. The summed E-state index contributed by atoms with van der Waals surface area (Å²) in [6.07, 6.45) is 3.33. The summed E-state index contributed by atoms with van der Waals surface area (Å²) in [6.45, 7) is 8.92. The molecule has 0 saturated carbocycles. The molecule has 3 unspecified atom stereocenters. The first-order valence-electron chi connectivity index (χ1n) is 8.28. The highest BCUT2D eigenvalue weighted by Gasteiger charge is 2.25. The van der Waals surface area contributed by atoms with Crippen molar-refractivity contribution >= 4 is 23.5 Å². The average Bonchev–Trinajstić information content (AvgIpc) is 2.45. The second kappa shape index (κ2) is 10.9. The van der Waals surface area contributed by atoms with Crippen molar-refractivity contribution in [3.05, 3.63) is 0 Å². The van der Waals surface area contributed by atoms with Gasteiger partial charge in [-0.05, 0) is 26.2 Å². The van der Waals surface area contributed by atoms with Crippen molar-refractivity contribution in [1.29, 1.82) is 0 Å². The summed E-state index contributed by atoms with van der Waals surface area (Å²) < 4.78 is 0. The Balaban J connectivity index is 4.36. The van der Waals surface area contributed by atoms with Crippen LogP contribution in [0.1, 0.15) is 66.7 Å². The molecule has 0 bridgehead atoms.